The minimum Gasteiger partial charge on any atom is -0.508 e. The van der Waals surface area contributed by atoms with Gasteiger partial charge in [-0.3, -0.25) is 0 Å². The van der Waals surface area contributed by atoms with Crippen LogP contribution < -0.4 is 0 Å². The number of phenolic OH excluding ortho intramolecular Hbond substituents is 1. The van der Waals surface area contributed by atoms with E-state index in [2.05, 4.69) is 30.9 Å². The van der Waals surface area contributed by atoms with Gasteiger partial charge in [-0.05, 0) is 34.1 Å². The van der Waals surface area contributed by atoms with E-state index in [1.54, 1.807) is 6.20 Å². The van der Waals surface area contributed by atoms with Crippen molar-refractivity contribution in [3.05, 3.63) is 40.8 Å². The Kier molecular flexibility index (Phi) is 2.52. The molecule has 0 aliphatic heterocycles. The number of rotatable bonds is 1. The van der Waals surface area contributed by atoms with Crippen molar-refractivity contribution in [3.63, 3.8) is 0 Å². The predicted molar refractivity (Wildman–Crippen MR) is 68.6 cm³/mol. The van der Waals surface area contributed by atoms with Crippen molar-refractivity contribution < 1.29 is 9.50 Å². The number of aromatic hydroxyl groups is 1. The number of imidazole rings is 1. The van der Waals surface area contributed by atoms with E-state index in [9.17, 15) is 9.50 Å². The molecule has 3 aromatic rings. The van der Waals surface area contributed by atoms with Gasteiger partial charge in [0, 0.05) is 16.7 Å². The first-order valence-electron chi connectivity index (χ1n) is 5.13. The van der Waals surface area contributed by atoms with E-state index >= 15 is 0 Å². The highest BCUT2D eigenvalue weighted by atomic mass is 79.9. The standard InChI is InChI=1S/C12H7BrFN3O/c13-6-3-10-12(15-5-6)17-11(16-10)8-2-1-7(18)4-9(8)14/h1-5,18H,(H,15,16,17). The molecule has 6 heteroatoms. The minimum atomic E-state index is -0.534. The van der Waals surface area contributed by atoms with Gasteiger partial charge in [-0.15, -0.1) is 0 Å². The van der Waals surface area contributed by atoms with Crippen molar-refractivity contribution in [2.45, 2.75) is 0 Å². The van der Waals surface area contributed by atoms with E-state index in [0.717, 1.165) is 10.5 Å². The van der Waals surface area contributed by atoms with E-state index in [1.165, 1.54) is 12.1 Å². The number of hydrogen-bond acceptors (Lipinski definition) is 3. The lowest BCUT2D eigenvalue weighted by atomic mass is 10.2. The molecule has 0 radical (unpaired) electrons. The van der Waals surface area contributed by atoms with Crippen molar-refractivity contribution >= 4 is 27.1 Å². The summed E-state index contributed by atoms with van der Waals surface area (Å²) in [4.78, 5) is 11.3. The highest BCUT2D eigenvalue weighted by Crippen LogP contribution is 2.25. The number of nitrogens with one attached hydrogen (secondary N) is 1. The lowest BCUT2D eigenvalue weighted by Crippen LogP contribution is -1.85. The van der Waals surface area contributed by atoms with Crippen LogP contribution in [0.1, 0.15) is 0 Å². The van der Waals surface area contributed by atoms with Crippen LogP contribution >= 0.6 is 15.9 Å². The lowest BCUT2D eigenvalue weighted by Gasteiger charge is -1.99. The number of hydrogen-bond donors (Lipinski definition) is 2. The Morgan fingerprint density at radius 3 is 2.89 bits per heavy atom. The number of aromatic nitrogens is 3. The van der Waals surface area contributed by atoms with Crippen LogP contribution in [0.4, 0.5) is 4.39 Å². The first-order valence-corrected chi connectivity index (χ1v) is 5.93. The highest BCUT2D eigenvalue weighted by molar-refractivity contribution is 9.10. The van der Waals surface area contributed by atoms with Crippen molar-refractivity contribution in [2.24, 2.45) is 0 Å². The number of fused-ring (bicyclic) bond motifs is 1. The SMILES string of the molecule is Oc1ccc(-c2nc3ncc(Br)cc3[nH]2)c(F)c1. The molecule has 0 unspecified atom stereocenters. The summed E-state index contributed by atoms with van der Waals surface area (Å²) in [5.74, 6) is -0.269. The zero-order chi connectivity index (χ0) is 12.7. The molecule has 2 N–H and O–H groups in total. The van der Waals surface area contributed by atoms with E-state index in [0.29, 0.717) is 22.6 Å². The molecule has 0 spiro atoms. The number of H-pyrrole nitrogens is 1. The van der Waals surface area contributed by atoms with Crippen molar-refractivity contribution in [3.8, 4) is 17.1 Å². The normalized spacial score (nSPS) is 11.0. The zero-order valence-corrected chi connectivity index (χ0v) is 10.6. The first-order chi connectivity index (χ1) is 8.63. The Morgan fingerprint density at radius 1 is 1.28 bits per heavy atom. The molecule has 0 saturated carbocycles. The maximum absolute atomic E-state index is 13.7. The van der Waals surface area contributed by atoms with Crippen LogP contribution in [-0.4, -0.2) is 20.1 Å². The maximum Gasteiger partial charge on any atom is 0.178 e. The Balaban J connectivity index is 2.19. The van der Waals surface area contributed by atoms with Crippen LogP contribution in [0.5, 0.6) is 5.75 Å². The highest BCUT2D eigenvalue weighted by Gasteiger charge is 2.11. The molecule has 4 nitrogen and oxygen atoms in total. The number of aromatic amines is 1. The van der Waals surface area contributed by atoms with Gasteiger partial charge >= 0.3 is 0 Å². The van der Waals surface area contributed by atoms with E-state index < -0.39 is 5.82 Å². The van der Waals surface area contributed by atoms with Crippen LogP contribution in [0, 0.1) is 5.82 Å². The number of halogens is 2. The topological polar surface area (TPSA) is 61.8 Å². The second kappa shape index (κ2) is 4.06. The van der Waals surface area contributed by atoms with Crippen LogP contribution in [0.25, 0.3) is 22.6 Å². The molecule has 0 amide bonds. The van der Waals surface area contributed by atoms with Gasteiger partial charge in [0.15, 0.2) is 5.65 Å². The fourth-order valence-electron chi connectivity index (χ4n) is 1.70. The first kappa shape index (κ1) is 11.2. The average molecular weight is 308 g/mol. The molecule has 0 bridgehead atoms. The van der Waals surface area contributed by atoms with Crippen molar-refractivity contribution in [1.29, 1.82) is 0 Å². The fraction of sp³-hybridized carbons (Fsp3) is 0. The third kappa shape index (κ3) is 1.84. The Bertz CT molecular complexity index is 741. The van der Waals surface area contributed by atoms with E-state index in [4.69, 9.17) is 0 Å². The molecule has 0 fully saturated rings. The molecule has 2 heterocycles. The fourth-order valence-corrected chi connectivity index (χ4v) is 2.03. The van der Waals surface area contributed by atoms with Gasteiger partial charge in [-0.1, -0.05) is 0 Å². The van der Waals surface area contributed by atoms with E-state index in [1.807, 2.05) is 6.07 Å². The van der Waals surface area contributed by atoms with Crippen molar-refractivity contribution in [2.75, 3.05) is 0 Å². The molecule has 0 atom stereocenters. The summed E-state index contributed by atoms with van der Waals surface area (Å²) in [6.45, 7) is 0. The molecule has 2 aromatic heterocycles. The van der Waals surface area contributed by atoms with Gasteiger partial charge in [0.2, 0.25) is 0 Å². The number of phenols is 1. The number of benzene rings is 1. The van der Waals surface area contributed by atoms with E-state index in [-0.39, 0.29) is 5.75 Å². The van der Waals surface area contributed by atoms with Gasteiger partial charge in [-0.2, -0.15) is 0 Å². The Morgan fingerprint density at radius 2 is 2.11 bits per heavy atom. The largest absolute Gasteiger partial charge is 0.508 e. The third-order valence-electron chi connectivity index (χ3n) is 2.51. The monoisotopic (exact) mass is 307 g/mol. The summed E-state index contributed by atoms with van der Waals surface area (Å²) >= 11 is 3.30. The predicted octanol–water partition coefficient (Wildman–Crippen LogP) is 3.23. The van der Waals surface area contributed by atoms with Crippen LogP contribution in [0.15, 0.2) is 34.9 Å². The lowest BCUT2D eigenvalue weighted by molar-refractivity contribution is 0.469. The van der Waals surface area contributed by atoms with Crippen LogP contribution in [0.2, 0.25) is 0 Å². The van der Waals surface area contributed by atoms with Gasteiger partial charge in [0.25, 0.3) is 0 Å². The number of nitrogens with zero attached hydrogens (tertiary/aromatic N) is 2. The Hall–Kier alpha value is -1.95. The molecular formula is C12H7BrFN3O. The summed E-state index contributed by atoms with van der Waals surface area (Å²) in [7, 11) is 0. The third-order valence-corrected chi connectivity index (χ3v) is 2.95. The van der Waals surface area contributed by atoms with Gasteiger partial charge < -0.3 is 10.1 Å². The molecule has 0 aliphatic rings. The molecule has 1 aromatic carbocycles. The molecular weight excluding hydrogens is 301 g/mol. The average Bonchev–Trinajstić information content (AvgIpc) is 2.71. The molecule has 3 rings (SSSR count). The molecule has 0 saturated heterocycles. The van der Waals surface area contributed by atoms with Gasteiger partial charge in [0.1, 0.15) is 17.4 Å². The second-order valence-corrected chi connectivity index (χ2v) is 4.69. The van der Waals surface area contributed by atoms with Crippen molar-refractivity contribution in [1.82, 2.24) is 15.0 Å². The van der Waals surface area contributed by atoms with Gasteiger partial charge in [0.05, 0.1) is 11.1 Å². The van der Waals surface area contributed by atoms with Crippen LogP contribution in [0.3, 0.4) is 0 Å². The second-order valence-electron chi connectivity index (χ2n) is 3.77. The quantitative estimate of drug-likeness (QED) is 0.725. The summed E-state index contributed by atoms with van der Waals surface area (Å²) < 4.78 is 14.5. The number of pyridine rings is 1. The molecule has 0 aliphatic carbocycles. The summed E-state index contributed by atoms with van der Waals surface area (Å²) in [6.07, 6.45) is 1.63. The van der Waals surface area contributed by atoms with Gasteiger partial charge in [-0.25, -0.2) is 14.4 Å². The summed E-state index contributed by atoms with van der Waals surface area (Å²) in [5.41, 5.74) is 1.52. The minimum absolute atomic E-state index is 0.117. The molecule has 90 valence electrons. The summed E-state index contributed by atoms with van der Waals surface area (Å²) in [6, 6.07) is 5.75. The zero-order valence-electron chi connectivity index (χ0n) is 8.98. The van der Waals surface area contributed by atoms with Crippen LogP contribution in [-0.2, 0) is 0 Å². The molecule has 18 heavy (non-hydrogen) atoms. The smallest absolute Gasteiger partial charge is 0.178 e. The maximum atomic E-state index is 13.7. The Labute approximate surface area is 110 Å². The summed E-state index contributed by atoms with van der Waals surface area (Å²) in [5, 5.41) is 9.17.